The van der Waals surface area contributed by atoms with E-state index in [4.69, 9.17) is 17.0 Å². The van der Waals surface area contributed by atoms with E-state index in [1.165, 1.54) is 4.57 Å². The van der Waals surface area contributed by atoms with Crippen LogP contribution in [0.2, 0.25) is 0 Å². The molecule has 0 spiro atoms. The van der Waals surface area contributed by atoms with Crippen molar-refractivity contribution >= 4 is 34.7 Å². The molecule has 4 rings (SSSR count). The van der Waals surface area contributed by atoms with Crippen molar-refractivity contribution in [3.63, 3.8) is 0 Å². The highest BCUT2D eigenvalue weighted by molar-refractivity contribution is 7.71. The molecule has 0 unspecified atom stereocenters. The Balaban J connectivity index is 1.48. The van der Waals surface area contributed by atoms with Gasteiger partial charge in [0.1, 0.15) is 5.75 Å². The Morgan fingerprint density at radius 1 is 1.06 bits per heavy atom. The number of carbonyl (C=O) groups is 1. The molecule has 0 atom stereocenters. The molecule has 0 aliphatic carbocycles. The molecule has 32 heavy (non-hydrogen) atoms. The summed E-state index contributed by atoms with van der Waals surface area (Å²) >= 11 is 5.32. The maximum atomic E-state index is 12.7. The number of carbonyl (C=O) groups excluding carboxylic acids is 1. The van der Waals surface area contributed by atoms with Crippen LogP contribution in [0, 0.1) is 4.77 Å². The Hall–Kier alpha value is -3.71. The van der Waals surface area contributed by atoms with Crippen LogP contribution in [0.15, 0.2) is 77.6 Å². The van der Waals surface area contributed by atoms with Crippen molar-refractivity contribution in [2.45, 2.75) is 19.4 Å². The van der Waals surface area contributed by atoms with Crippen LogP contribution in [-0.2, 0) is 17.8 Å². The average Bonchev–Trinajstić information content (AvgIpc) is 2.80. The molecule has 0 aliphatic rings. The first-order valence-corrected chi connectivity index (χ1v) is 10.7. The molecule has 0 aliphatic heterocycles. The molecular weight excluding hydrogens is 422 g/mol. The van der Waals surface area contributed by atoms with E-state index in [1.807, 2.05) is 36.4 Å². The van der Waals surface area contributed by atoms with E-state index < -0.39 is 0 Å². The van der Waals surface area contributed by atoms with E-state index in [0.717, 1.165) is 16.9 Å². The number of hydrogen-bond donors (Lipinski definition) is 2. The van der Waals surface area contributed by atoms with Gasteiger partial charge in [0.05, 0.1) is 18.0 Å². The molecular formula is C25H23N3O3S. The summed E-state index contributed by atoms with van der Waals surface area (Å²) in [7, 11) is 1.63. The summed E-state index contributed by atoms with van der Waals surface area (Å²) in [5, 5.41) is 3.46. The highest BCUT2D eigenvalue weighted by atomic mass is 32.1. The van der Waals surface area contributed by atoms with E-state index >= 15 is 0 Å². The number of aromatic amines is 1. The lowest BCUT2D eigenvalue weighted by atomic mass is 10.0. The van der Waals surface area contributed by atoms with Gasteiger partial charge < -0.3 is 15.0 Å². The standard InChI is InChI=1S/C25H23N3O3S/c1-31-22-12-11-19(16-18(22)15-17-7-3-2-4-8-17)26-23(29)13-14-28-24(30)20-9-5-6-10-21(20)27-25(28)32/h2-12,16H,13-15H2,1H3,(H,26,29)(H,27,32). The third-order valence-electron chi connectivity index (χ3n) is 5.25. The van der Waals surface area contributed by atoms with Gasteiger partial charge in [-0.15, -0.1) is 0 Å². The van der Waals surface area contributed by atoms with E-state index in [1.54, 1.807) is 31.4 Å². The highest BCUT2D eigenvalue weighted by Crippen LogP contribution is 2.25. The van der Waals surface area contributed by atoms with Crippen LogP contribution < -0.4 is 15.6 Å². The molecule has 1 amide bonds. The number of amides is 1. The second kappa shape index (κ2) is 9.62. The van der Waals surface area contributed by atoms with Gasteiger partial charge in [0.2, 0.25) is 5.91 Å². The maximum absolute atomic E-state index is 12.7. The van der Waals surface area contributed by atoms with E-state index in [0.29, 0.717) is 27.8 Å². The normalized spacial score (nSPS) is 10.8. The fraction of sp³-hybridized carbons (Fsp3) is 0.160. The number of fused-ring (bicyclic) bond motifs is 1. The van der Waals surface area contributed by atoms with Gasteiger partial charge in [-0.3, -0.25) is 14.2 Å². The van der Waals surface area contributed by atoms with Crippen molar-refractivity contribution < 1.29 is 9.53 Å². The van der Waals surface area contributed by atoms with Crippen molar-refractivity contribution in [1.29, 1.82) is 0 Å². The third kappa shape index (κ3) is 4.78. The topological polar surface area (TPSA) is 76.1 Å². The Bertz CT molecular complexity index is 1380. The van der Waals surface area contributed by atoms with Gasteiger partial charge in [-0.2, -0.15) is 0 Å². The van der Waals surface area contributed by atoms with Gasteiger partial charge in [0.25, 0.3) is 5.56 Å². The molecule has 0 fully saturated rings. The minimum atomic E-state index is -0.202. The summed E-state index contributed by atoms with van der Waals surface area (Å²) < 4.78 is 7.20. The zero-order valence-electron chi connectivity index (χ0n) is 17.6. The molecule has 1 heterocycles. The summed E-state index contributed by atoms with van der Waals surface area (Å²) in [5.74, 6) is 0.566. The van der Waals surface area contributed by atoms with Crippen molar-refractivity contribution in [2.24, 2.45) is 0 Å². The van der Waals surface area contributed by atoms with Crippen LogP contribution >= 0.6 is 12.2 Å². The smallest absolute Gasteiger partial charge is 0.262 e. The van der Waals surface area contributed by atoms with Crippen LogP contribution in [-0.4, -0.2) is 22.6 Å². The number of nitrogens with one attached hydrogen (secondary N) is 2. The van der Waals surface area contributed by atoms with Crippen molar-refractivity contribution in [1.82, 2.24) is 9.55 Å². The van der Waals surface area contributed by atoms with Gasteiger partial charge in [-0.05, 0) is 48.1 Å². The van der Waals surface area contributed by atoms with E-state index in [-0.39, 0.29) is 24.4 Å². The van der Waals surface area contributed by atoms with E-state index in [2.05, 4.69) is 22.4 Å². The summed E-state index contributed by atoms with van der Waals surface area (Å²) in [4.78, 5) is 28.4. The first-order valence-electron chi connectivity index (χ1n) is 10.3. The zero-order chi connectivity index (χ0) is 22.5. The molecule has 7 heteroatoms. The Morgan fingerprint density at radius 2 is 1.81 bits per heavy atom. The number of nitrogens with zero attached hydrogens (tertiary/aromatic N) is 1. The lowest BCUT2D eigenvalue weighted by Crippen LogP contribution is -2.25. The Kier molecular flexibility index (Phi) is 6.47. The van der Waals surface area contributed by atoms with Crippen molar-refractivity contribution in [3.8, 4) is 5.75 Å². The summed E-state index contributed by atoms with van der Waals surface area (Å²) in [6, 6.07) is 22.8. The highest BCUT2D eigenvalue weighted by Gasteiger charge is 2.10. The number of anilines is 1. The maximum Gasteiger partial charge on any atom is 0.262 e. The van der Waals surface area contributed by atoms with Crippen LogP contribution in [0.4, 0.5) is 5.69 Å². The predicted molar refractivity (Wildman–Crippen MR) is 129 cm³/mol. The second-order valence-electron chi connectivity index (χ2n) is 7.42. The average molecular weight is 446 g/mol. The summed E-state index contributed by atoms with van der Waals surface area (Å²) in [6.45, 7) is 0.192. The van der Waals surface area contributed by atoms with Crippen LogP contribution in [0.3, 0.4) is 0 Å². The Labute approximate surface area is 190 Å². The zero-order valence-corrected chi connectivity index (χ0v) is 18.4. The number of H-pyrrole nitrogens is 1. The quantitative estimate of drug-likeness (QED) is 0.405. The van der Waals surface area contributed by atoms with Crippen LogP contribution in [0.1, 0.15) is 17.5 Å². The van der Waals surface area contributed by atoms with Gasteiger partial charge in [-0.1, -0.05) is 42.5 Å². The second-order valence-corrected chi connectivity index (χ2v) is 7.81. The van der Waals surface area contributed by atoms with Gasteiger partial charge in [-0.25, -0.2) is 0 Å². The SMILES string of the molecule is COc1ccc(NC(=O)CCn2c(=S)[nH]c3ccccc3c2=O)cc1Cc1ccccc1. The minimum absolute atomic E-state index is 0.121. The van der Waals surface area contributed by atoms with Crippen LogP contribution in [0.5, 0.6) is 5.75 Å². The summed E-state index contributed by atoms with van der Waals surface area (Å²) in [5.41, 5.74) is 3.29. The first-order chi connectivity index (χ1) is 15.5. The number of aromatic nitrogens is 2. The lowest BCUT2D eigenvalue weighted by molar-refractivity contribution is -0.116. The molecule has 0 radical (unpaired) electrons. The molecule has 6 nitrogen and oxygen atoms in total. The number of methoxy groups -OCH3 is 1. The number of para-hydroxylation sites is 1. The van der Waals surface area contributed by atoms with Gasteiger partial charge in [0.15, 0.2) is 4.77 Å². The molecule has 1 aromatic heterocycles. The first kappa shape index (κ1) is 21.5. The molecule has 3 aromatic carbocycles. The fourth-order valence-electron chi connectivity index (χ4n) is 3.65. The van der Waals surface area contributed by atoms with E-state index in [9.17, 15) is 9.59 Å². The molecule has 0 saturated carbocycles. The van der Waals surface area contributed by atoms with Gasteiger partial charge >= 0.3 is 0 Å². The minimum Gasteiger partial charge on any atom is -0.496 e. The summed E-state index contributed by atoms with van der Waals surface area (Å²) in [6.07, 6.45) is 0.811. The molecule has 0 saturated heterocycles. The van der Waals surface area contributed by atoms with Crippen molar-refractivity contribution in [3.05, 3.63) is 99.0 Å². The number of hydrogen-bond acceptors (Lipinski definition) is 4. The predicted octanol–water partition coefficient (Wildman–Crippen LogP) is 4.69. The van der Waals surface area contributed by atoms with Gasteiger partial charge in [0, 0.05) is 30.6 Å². The fourth-order valence-corrected chi connectivity index (χ4v) is 3.93. The molecule has 4 aromatic rings. The number of benzene rings is 3. The monoisotopic (exact) mass is 445 g/mol. The molecule has 0 bridgehead atoms. The number of ether oxygens (including phenoxy) is 1. The van der Waals surface area contributed by atoms with Crippen LogP contribution in [0.25, 0.3) is 10.9 Å². The third-order valence-corrected chi connectivity index (χ3v) is 5.58. The number of rotatable bonds is 7. The Morgan fingerprint density at radius 3 is 2.59 bits per heavy atom. The molecule has 2 N–H and O–H groups in total. The lowest BCUT2D eigenvalue weighted by Gasteiger charge is -2.12. The molecule has 162 valence electrons. The largest absolute Gasteiger partial charge is 0.496 e. The van der Waals surface area contributed by atoms with Crippen molar-refractivity contribution in [2.75, 3.05) is 12.4 Å².